The van der Waals surface area contributed by atoms with Gasteiger partial charge in [0.1, 0.15) is 16.4 Å². The lowest BCUT2D eigenvalue weighted by Crippen LogP contribution is -2.14. The number of aromatic nitrogens is 2. The number of anilines is 1. The summed E-state index contributed by atoms with van der Waals surface area (Å²) in [5.41, 5.74) is 1.59. The van der Waals surface area contributed by atoms with Crippen LogP contribution in [-0.4, -0.2) is 9.97 Å². The van der Waals surface area contributed by atoms with Crippen LogP contribution in [0.15, 0.2) is 61.7 Å². The number of nitrogens with one attached hydrogen (secondary N) is 2. The summed E-state index contributed by atoms with van der Waals surface area (Å²) < 4.78 is 6.41. The Morgan fingerprint density at radius 2 is 2.08 bits per heavy atom. The van der Waals surface area contributed by atoms with Gasteiger partial charge in [0.2, 0.25) is 0 Å². The SMILES string of the molecule is O=c1[nH]c(CNc2ccc(Br)cc2)nc2scc(-c3ccco3)c12. The van der Waals surface area contributed by atoms with Crippen LogP contribution < -0.4 is 10.9 Å². The summed E-state index contributed by atoms with van der Waals surface area (Å²) in [6, 6.07) is 11.5. The first-order valence-electron chi connectivity index (χ1n) is 7.24. The number of thiophene rings is 1. The fraction of sp³-hybridized carbons (Fsp3) is 0.0588. The molecule has 4 rings (SSSR count). The average Bonchev–Trinajstić information content (AvgIpc) is 3.23. The van der Waals surface area contributed by atoms with Crippen molar-refractivity contribution in [3.8, 4) is 11.3 Å². The van der Waals surface area contributed by atoms with Crippen LogP contribution in [0, 0.1) is 0 Å². The average molecular weight is 402 g/mol. The third-order valence-corrected chi connectivity index (χ3v) is 4.98. The minimum atomic E-state index is -0.153. The minimum absolute atomic E-state index is 0.153. The van der Waals surface area contributed by atoms with E-state index in [9.17, 15) is 4.79 Å². The van der Waals surface area contributed by atoms with Crippen molar-refractivity contribution in [1.29, 1.82) is 0 Å². The zero-order chi connectivity index (χ0) is 16.5. The summed E-state index contributed by atoms with van der Waals surface area (Å²) in [7, 11) is 0. The zero-order valence-electron chi connectivity index (χ0n) is 12.4. The number of furan rings is 1. The van der Waals surface area contributed by atoms with Gasteiger partial charge in [-0.05, 0) is 36.4 Å². The Hall–Kier alpha value is -2.38. The van der Waals surface area contributed by atoms with Crippen LogP contribution in [0.1, 0.15) is 5.82 Å². The van der Waals surface area contributed by atoms with Crippen molar-refractivity contribution in [2.45, 2.75) is 6.54 Å². The molecule has 2 N–H and O–H groups in total. The maximum atomic E-state index is 12.5. The van der Waals surface area contributed by atoms with Gasteiger partial charge in [0, 0.05) is 21.1 Å². The van der Waals surface area contributed by atoms with E-state index >= 15 is 0 Å². The van der Waals surface area contributed by atoms with E-state index in [1.165, 1.54) is 11.3 Å². The van der Waals surface area contributed by atoms with E-state index in [0.717, 1.165) is 15.7 Å². The lowest BCUT2D eigenvalue weighted by molar-refractivity contribution is 0.583. The van der Waals surface area contributed by atoms with Crippen molar-refractivity contribution in [2.24, 2.45) is 0 Å². The molecule has 0 spiro atoms. The first-order valence-corrected chi connectivity index (χ1v) is 8.92. The number of benzene rings is 1. The van der Waals surface area contributed by atoms with Gasteiger partial charge in [-0.25, -0.2) is 4.98 Å². The molecule has 3 heterocycles. The summed E-state index contributed by atoms with van der Waals surface area (Å²) >= 11 is 4.84. The van der Waals surface area contributed by atoms with Crippen LogP contribution in [-0.2, 0) is 6.54 Å². The maximum Gasteiger partial charge on any atom is 0.260 e. The van der Waals surface area contributed by atoms with Crippen molar-refractivity contribution >= 4 is 43.2 Å². The highest BCUT2D eigenvalue weighted by Gasteiger charge is 2.14. The molecule has 0 radical (unpaired) electrons. The number of rotatable bonds is 4. The predicted octanol–water partition coefficient (Wildman–Crippen LogP) is 4.62. The van der Waals surface area contributed by atoms with E-state index in [4.69, 9.17) is 4.42 Å². The van der Waals surface area contributed by atoms with Gasteiger partial charge in [0.15, 0.2) is 0 Å². The molecule has 0 aliphatic carbocycles. The molecule has 3 aromatic heterocycles. The summed E-state index contributed by atoms with van der Waals surface area (Å²) in [5, 5.41) is 5.72. The van der Waals surface area contributed by atoms with Crippen molar-refractivity contribution < 1.29 is 4.42 Å². The molecule has 1 aromatic carbocycles. The van der Waals surface area contributed by atoms with Crippen molar-refractivity contribution in [1.82, 2.24) is 9.97 Å². The van der Waals surface area contributed by atoms with E-state index in [1.54, 1.807) is 12.3 Å². The molecular formula is C17H12BrN3O2S. The molecule has 0 amide bonds. The first-order chi connectivity index (χ1) is 11.7. The fourth-order valence-electron chi connectivity index (χ4n) is 2.44. The molecular weight excluding hydrogens is 390 g/mol. The summed E-state index contributed by atoms with van der Waals surface area (Å²) in [6.07, 6.45) is 1.59. The van der Waals surface area contributed by atoms with Crippen molar-refractivity contribution in [3.63, 3.8) is 0 Å². The molecule has 0 saturated carbocycles. The molecule has 120 valence electrons. The maximum absolute atomic E-state index is 12.5. The van der Waals surface area contributed by atoms with Gasteiger partial charge in [-0.15, -0.1) is 11.3 Å². The molecule has 24 heavy (non-hydrogen) atoms. The number of fused-ring (bicyclic) bond motifs is 1. The van der Waals surface area contributed by atoms with Crippen LogP contribution in [0.25, 0.3) is 21.5 Å². The highest BCUT2D eigenvalue weighted by atomic mass is 79.9. The van der Waals surface area contributed by atoms with Gasteiger partial charge in [0.25, 0.3) is 5.56 Å². The summed E-state index contributed by atoms with van der Waals surface area (Å²) in [4.78, 5) is 20.6. The number of halogens is 1. The van der Waals surface area contributed by atoms with E-state index in [-0.39, 0.29) is 5.56 Å². The second kappa shape index (κ2) is 6.26. The molecule has 7 heteroatoms. The van der Waals surface area contributed by atoms with Gasteiger partial charge in [-0.2, -0.15) is 0 Å². The second-order valence-electron chi connectivity index (χ2n) is 5.18. The molecule has 0 fully saturated rings. The molecule has 5 nitrogen and oxygen atoms in total. The van der Waals surface area contributed by atoms with Gasteiger partial charge in [-0.3, -0.25) is 4.79 Å². The lowest BCUT2D eigenvalue weighted by Gasteiger charge is -2.06. The van der Waals surface area contributed by atoms with E-state index in [0.29, 0.717) is 28.3 Å². The predicted molar refractivity (Wildman–Crippen MR) is 99.4 cm³/mol. The topological polar surface area (TPSA) is 70.9 Å². The molecule has 0 atom stereocenters. The minimum Gasteiger partial charge on any atom is -0.464 e. The molecule has 0 aliphatic rings. The monoisotopic (exact) mass is 401 g/mol. The molecule has 4 aromatic rings. The highest BCUT2D eigenvalue weighted by molar-refractivity contribution is 9.10. The van der Waals surface area contributed by atoms with Gasteiger partial charge < -0.3 is 14.7 Å². The van der Waals surface area contributed by atoms with Crippen LogP contribution in [0.2, 0.25) is 0 Å². The highest BCUT2D eigenvalue weighted by Crippen LogP contribution is 2.30. The van der Waals surface area contributed by atoms with Gasteiger partial charge >= 0.3 is 0 Å². The number of aromatic amines is 1. The Morgan fingerprint density at radius 1 is 1.25 bits per heavy atom. The van der Waals surface area contributed by atoms with Crippen LogP contribution in [0.5, 0.6) is 0 Å². The van der Waals surface area contributed by atoms with E-state index < -0.39 is 0 Å². The number of nitrogens with zero attached hydrogens (tertiary/aromatic N) is 1. The smallest absolute Gasteiger partial charge is 0.260 e. The Morgan fingerprint density at radius 3 is 2.83 bits per heavy atom. The third-order valence-electron chi connectivity index (χ3n) is 3.58. The number of hydrogen-bond acceptors (Lipinski definition) is 5. The summed E-state index contributed by atoms with van der Waals surface area (Å²) in [6.45, 7) is 0.445. The standard InChI is InChI=1S/C17H12BrN3O2S/c18-10-3-5-11(6-4-10)19-8-14-20-16(22)15-12(9-24-17(15)21-14)13-2-1-7-23-13/h1-7,9,19H,8H2,(H,20,21,22). The normalized spacial score (nSPS) is 11.0. The molecule has 0 bridgehead atoms. The Bertz CT molecular complexity index is 1040. The van der Waals surface area contributed by atoms with Crippen molar-refractivity contribution in [2.75, 3.05) is 5.32 Å². The fourth-order valence-corrected chi connectivity index (χ4v) is 3.66. The van der Waals surface area contributed by atoms with Crippen molar-refractivity contribution in [3.05, 3.63) is 68.7 Å². The van der Waals surface area contributed by atoms with E-state index in [1.807, 2.05) is 35.7 Å². The van der Waals surface area contributed by atoms with Gasteiger partial charge in [0.05, 0.1) is 18.2 Å². The molecule has 0 unspecified atom stereocenters. The summed E-state index contributed by atoms with van der Waals surface area (Å²) in [5.74, 6) is 1.28. The largest absolute Gasteiger partial charge is 0.464 e. The molecule has 0 saturated heterocycles. The quantitative estimate of drug-likeness (QED) is 0.523. The van der Waals surface area contributed by atoms with Crippen LogP contribution in [0.3, 0.4) is 0 Å². The molecule has 0 aliphatic heterocycles. The van der Waals surface area contributed by atoms with E-state index in [2.05, 4.69) is 31.2 Å². The van der Waals surface area contributed by atoms with Crippen LogP contribution in [0.4, 0.5) is 5.69 Å². The first kappa shape index (κ1) is 15.2. The Balaban J connectivity index is 1.64. The lowest BCUT2D eigenvalue weighted by atomic mass is 10.2. The Labute approximate surface area is 149 Å². The third kappa shape index (κ3) is 2.88. The Kier molecular flexibility index (Phi) is 3.95. The second-order valence-corrected chi connectivity index (χ2v) is 6.95. The number of hydrogen-bond donors (Lipinski definition) is 2. The van der Waals surface area contributed by atoms with Crippen LogP contribution >= 0.6 is 27.3 Å². The number of H-pyrrole nitrogens is 1. The van der Waals surface area contributed by atoms with Gasteiger partial charge in [-0.1, -0.05) is 15.9 Å². The zero-order valence-corrected chi connectivity index (χ0v) is 14.8.